The Kier molecular flexibility index (Phi) is 8.70. The molecule has 1 aliphatic heterocycles. The van der Waals surface area contributed by atoms with Crippen LogP contribution in [-0.2, 0) is 19.4 Å². The van der Waals surface area contributed by atoms with Gasteiger partial charge in [-0.1, -0.05) is 11.6 Å². The van der Waals surface area contributed by atoms with Gasteiger partial charge in [0.25, 0.3) is 5.91 Å². The fourth-order valence-electron chi connectivity index (χ4n) is 6.69. The van der Waals surface area contributed by atoms with Crippen molar-refractivity contribution in [2.75, 3.05) is 25.5 Å². The van der Waals surface area contributed by atoms with Gasteiger partial charge in [-0.05, 0) is 80.7 Å². The summed E-state index contributed by atoms with van der Waals surface area (Å²) in [5.74, 6) is -4.18. The number of nitrogens with zero attached hydrogens (tertiary/aromatic N) is 1. The number of amides is 3. The first-order chi connectivity index (χ1) is 20.3. The van der Waals surface area contributed by atoms with Crippen molar-refractivity contribution in [3.8, 4) is 0 Å². The zero-order valence-electron chi connectivity index (χ0n) is 23.3. The summed E-state index contributed by atoms with van der Waals surface area (Å²) in [5.41, 5.74) is -1.37. The van der Waals surface area contributed by atoms with Gasteiger partial charge in [-0.25, -0.2) is 22.0 Å². The lowest BCUT2D eigenvalue weighted by Gasteiger charge is -2.42. The van der Waals surface area contributed by atoms with Gasteiger partial charge in [-0.3, -0.25) is 14.5 Å². The van der Waals surface area contributed by atoms with Crippen LogP contribution in [0.1, 0.15) is 48.9 Å². The van der Waals surface area contributed by atoms with E-state index in [1.54, 1.807) is 0 Å². The van der Waals surface area contributed by atoms with Crippen molar-refractivity contribution < 1.29 is 41.4 Å². The van der Waals surface area contributed by atoms with E-state index in [1.165, 1.54) is 30.2 Å². The molecule has 0 spiro atoms. The van der Waals surface area contributed by atoms with Crippen LogP contribution in [0.4, 0.5) is 19.3 Å². The van der Waals surface area contributed by atoms with Crippen LogP contribution in [0.15, 0.2) is 41.3 Å². The Morgan fingerprint density at radius 1 is 1.07 bits per heavy atom. The van der Waals surface area contributed by atoms with Gasteiger partial charge in [-0.15, -0.1) is 0 Å². The molecule has 1 saturated heterocycles. The van der Waals surface area contributed by atoms with Crippen LogP contribution in [0.3, 0.4) is 0 Å². The van der Waals surface area contributed by atoms with Crippen LogP contribution in [-0.4, -0.2) is 73.4 Å². The molecule has 0 aromatic heterocycles. The number of anilines is 1. The number of methoxy groups -OCH3 is 1. The highest BCUT2D eigenvalue weighted by atomic mass is 35.5. The van der Waals surface area contributed by atoms with Crippen molar-refractivity contribution in [3.63, 3.8) is 0 Å². The number of nitrogens with one attached hydrogen (secondary N) is 2. The van der Waals surface area contributed by atoms with Gasteiger partial charge >= 0.3 is 6.09 Å². The fourth-order valence-corrected chi connectivity index (χ4v) is 9.10. The third kappa shape index (κ3) is 5.94. The zero-order valence-corrected chi connectivity index (χ0v) is 24.9. The second kappa shape index (κ2) is 12.0. The van der Waals surface area contributed by atoms with Gasteiger partial charge in [0.1, 0.15) is 6.04 Å². The van der Waals surface area contributed by atoms with E-state index in [-0.39, 0.29) is 40.6 Å². The quantitative estimate of drug-likeness (QED) is 0.417. The molecule has 2 saturated carbocycles. The molecule has 232 valence electrons. The Morgan fingerprint density at radius 3 is 2.42 bits per heavy atom. The monoisotopic (exact) mass is 639 g/mol. The SMILES string of the molecule is COC(=O)N1CCC[C@H]1C(=O)NCC1(O)C2CC[C@H]1CC(S(=O)(=O)c1cc(C(=O)Nc3ccc(F)c(F)c3)ccc1Cl)C2. The van der Waals surface area contributed by atoms with E-state index in [0.29, 0.717) is 32.2 Å². The highest BCUT2D eigenvalue weighted by Gasteiger charge is 2.56. The summed E-state index contributed by atoms with van der Waals surface area (Å²) in [6, 6.07) is 5.92. The van der Waals surface area contributed by atoms with Gasteiger partial charge in [0.2, 0.25) is 5.91 Å². The first kappa shape index (κ1) is 31.1. The normalized spacial score (nSPS) is 26.7. The Bertz CT molecular complexity index is 1540. The molecule has 3 N–H and O–H groups in total. The number of ether oxygens (including phenoxy) is 1. The van der Waals surface area contributed by atoms with E-state index >= 15 is 0 Å². The zero-order chi connectivity index (χ0) is 31.1. The molecule has 3 fully saturated rings. The van der Waals surface area contributed by atoms with Crippen LogP contribution < -0.4 is 10.6 Å². The van der Waals surface area contributed by atoms with Crippen molar-refractivity contribution in [1.29, 1.82) is 0 Å². The van der Waals surface area contributed by atoms with Crippen LogP contribution in [0.2, 0.25) is 5.02 Å². The number of fused-ring (bicyclic) bond motifs is 2. The molecule has 3 amide bonds. The van der Waals surface area contributed by atoms with Gasteiger partial charge in [0.05, 0.1) is 27.9 Å². The van der Waals surface area contributed by atoms with Crippen LogP contribution in [0.25, 0.3) is 0 Å². The van der Waals surface area contributed by atoms with Crippen LogP contribution >= 0.6 is 11.6 Å². The van der Waals surface area contributed by atoms with E-state index in [4.69, 9.17) is 16.3 Å². The first-order valence-electron chi connectivity index (χ1n) is 14.0. The number of likely N-dealkylation sites (tertiary alicyclic amines) is 1. The smallest absolute Gasteiger partial charge is 0.410 e. The lowest BCUT2D eigenvalue weighted by molar-refractivity contribution is -0.128. The van der Waals surface area contributed by atoms with Gasteiger partial charge < -0.3 is 20.5 Å². The van der Waals surface area contributed by atoms with E-state index < -0.39 is 68.1 Å². The molecule has 3 unspecified atom stereocenters. The van der Waals surface area contributed by atoms with Gasteiger partial charge in [0, 0.05) is 30.4 Å². The minimum Gasteiger partial charge on any atom is -0.453 e. The standard InChI is InChI=1S/C29H32ClF2N3O7S/c1-42-28(38)35-10-2-3-24(35)27(37)33-15-29(39)17-5-6-18(29)13-20(12-17)43(40,41)25-11-16(4-8-21(25)30)26(36)34-19-7-9-22(31)23(32)14-19/h4,7-9,11,14,17-18,20,24,39H,2-3,5-6,10,12-13,15H2,1H3,(H,33,37)(H,34,36)/t17-,18?,20?,24-,29?/m0/s1. The summed E-state index contributed by atoms with van der Waals surface area (Å²) in [7, 11) is -2.81. The molecule has 5 rings (SSSR count). The molecule has 10 nitrogen and oxygen atoms in total. The maximum atomic E-state index is 13.8. The number of hydrogen-bond acceptors (Lipinski definition) is 7. The van der Waals surface area contributed by atoms with Crippen molar-refractivity contribution in [1.82, 2.24) is 10.2 Å². The molecule has 2 aromatic carbocycles. The summed E-state index contributed by atoms with van der Waals surface area (Å²) in [4.78, 5) is 38.9. The Balaban J connectivity index is 1.28. The highest BCUT2D eigenvalue weighted by molar-refractivity contribution is 7.92. The number of aliphatic hydroxyl groups is 1. The van der Waals surface area contributed by atoms with Crippen molar-refractivity contribution in [2.24, 2.45) is 11.8 Å². The summed E-state index contributed by atoms with van der Waals surface area (Å²) in [5, 5.41) is 15.9. The first-order valence-corrected chi connectivity index (χ1v) is 15.9. The van der Waals surface area contributed by atoms with Gasteiger partial charge in [-0.2, -0.15) is 0 Å². The van der Waals surface area contributed by atoms with Crippen molar-refractivity contribution in [2.45, 2.75) is 60.3 Å². The molecule has 2 aliphatic carbocycles. The number of rotatable bonds is 7. The topological polar surface area (TPSA) is 142 Å². The molecule has 5 atom stereocenters. The van der Waals surface area contributed by atoms with Crippen LogP contribution in [0.5, 0.6) is 0 Å². The van der Waals surface area contributed by atoms with E-state index in [0.717, 1.165) is 18.2 Å². The molecule has 0 radical (unpaired) electrons. The van der Waals surface area contributed by atoms with Gasteiger partial charge in [0.15, 0.2) is 21.5 Å². The number of hydrogen-bond donors (Lipinski definition) is 3. The molecular weight excluding hydrogens is 608 g/mol. The highest BCUT2D eigenvalue weighted by Crippen LogP contribution is 2.52. The Labute approximate surface area is 252 Å². The maximum absolute atomic E-state index is 13.8. The van der Waals surface area contributed by atoms with E-state index in [1.807, 2.05) is 0 Å². The van der Waals surface area contributed by atoms with E-state index in [2.05, 4.69) is 10.6 Å². The largest absolute Gasteiger partial charge is 0.453 e. The number of sulfone groups is 1. The lowest BCUT2D eigenvalue weighted by Crippen LogP contribution is -2.56. The second-order valence-electron chi connectivity index (χ2n) is 11.4. The molecule has 43 heavy (non-hydrogen) atoms. The molecule has 1 heterocycles. The Morgan fingerprint density at radius 2 is 1.77 bits per heavy atom. The minimum atomic E-state index is -4.05. The average Bonchev–Trinajstić information content (AvgIpc) is 3.50. The van der Waals surface area contributed by atoms with E-state index in [9.17, 15) is 36.7 Å². The van der Waals surface area contributed by atoms with Crippen molar-refractivity contribution >= 4 is 45.0 Å². The Hall–Kier alpha value is -3.29. The molecule has 14 heteroatoms. The average molecular weight is 640 g/mol. The summed E-state index contributed by atoms with van der Waals surface area (Å²) in [6.45, 7) is 0.329. The molecule has 2 bridgehead atoms. The number of carbonyl (C=O) groups is 3. The number of carbonyl (C=O) groups excluding carboxylic acids is 3. The second-order valence-corrected chi connectivity index (χ2v) is 14.0. The number of halogens is 3. The maximum Gasteiger partial charge on any atom is 0.410 e. The summed E-state index contributed by atoms with van der Waals surface area (Å²) in [6.07, 6.45) is 1.95. The molecule has 2 aromatic rings. The predicted molar refractivity (Wildman–Crippen MR) is 152 cm³/mol. The predicted octanol–water partition coefficient (Wildman–Crippen LogP) is 3.91. The molecular formula is C29H32ClF2N3O7S. The minimum absolute atomic E-state index is 0.00979. The summed E-state index contributed by atoms with van der Waals surface area (Å²) < 4.78 is 59.2. The lowest BCUT2D eigenvalue weighted by atomic mass is 9.74. The van der Waals surface area contributed by atoms with Crippen molar-refractivity contribution in [3.05, 3.63) is 58.6 Å². The van der Waals surface area contributed by atoms with Crippen LogP contribution in [0, 0.1) is 23.5 Å². The fraction of sp³-hybridized carbons (Fsp3) is 0.483. The third-order valence-electron chi connectivity index (χ3n) is 9.00. The number of benzene rings is 2. The third-order valence-corrected chi connectivity index (χ3v) is 11.7. The summed E-state index contributed by atoms with van der Waals surface area (Å²) >= 11 is 6.30. The molecule has 3 aliphatic rings.